The standard InChI is InChI=1S/C6H14O2/c1-3-6(5-7)8-4-2/h6-7H,3-5H2,1-2H3. The van der Waals surface area contributed by atoms with E-state index in [1.807, 2.05) is 13.8 Å². The molecule has 8 heavy (non-hydrogen) atoms. The van der Waals surface area contributed by atoms with Crippen LogP contribution in [-0.2, 0) is 4.74 Å². The molecule has 0 bridgehead atoms. The highest BCUT2D eigenvalue weighted by atomic mass is 16.5. The van der Waals surface area contributed by atoms with E-state index < -0.39 is 0 Å². The number of hydrogen-bond acceptors (Lipinski definition) is 2. The third-order valence-corrected chi connectivity index (χ3v) is 1.06. The minimum Gasteiger partial charge on any atom is -0.394 e. The highest BCUT2D eigenvalue weighted by Gasteiger charge is 2.00. The maximum absolute atomic E-state index is 8.53. The van der Waals surface area contributed by atoms with Crippen LogP contribution in [0, 0.1) is 0 Å². The Hall–Kier alpha value is -0.0800. The van der Waals surface area contributed by atoms with Crippen LogP contribution in [0.4, 0.5) is 0 Å². The first-order valence-corrected chi connectivity index (χ1v) is 3.07. The molecule has 1 unspecified atom stereocenters. The van der Waals surface area contributed by atoms with Crippen LogP contribution in [0.15, 0.2) is 0 Å². The molecule has 0 aliphatic carbocycles. The number of aliphatic hydroxyl groups is 1. The van der Waals surface area contributed by atoms with Crippen molar-refractivity contribution in [3.05, 3.63) is 0 Å². The van der Waals surface area contributed by atoms with Gasteiger partial charge in [0.25, 0.3) is 0 Å². The first kappa shape index (κ1) is 7.92. The average Bonchev–Trinajstić information content (AvgIpc) is 1.83. The summed E-state index contributed by atoms with van der Waals surface area (Å²) in [6.45, 7) is 4.76. The van der Waals surface area contributed by atoms with Crippen molar-refractivity contribution in [2.24, 2.45) is 0 Å². The Labute approximate surface area is 50.5 Å². The average molecular weight is 118 g/mol. The molecule has 0 heterocycles. The van der Waals surface area contributed by atoms with Crippen molar-refractivity contribution in [2.75, 3.05) is 13.2 Å². The van der Waals surface area contributed by atoms with Gasteiger partial charge in [-0.2, -0.15) is 0 Å². The zero-order chi connectivity index (χ0) is 6.41. The molecule has 0 aliphatic heterocycles. The molecule has 1 atom stereocenters. The monoisotopic (exact) mass is 118 g/mol. The lowest BCUT2D eigenvalue weighted by molar-refractivity contribution is 0.0181. The third kappa shape index (κ3) is 2.99. The predicted molar refractivity (Wildman–Crippen MR) is 32.8 cm³/mol. The summed E-state index contributed by atoms with van der Waals surface area (Å²) >= 11 is 0. The van der Waals surface area contributed by atoms with E-state index in [1.54, 1.807) is 0 Å². The van der Waals surface area contributed by atoms with E-state index in [0.717, 1.165) is 6.42 Å². The van der Waals surface area contributed by atoms with Crippen molar-refractivity contribution >= 4 is 0 Å². The molecule has 0 saturated carbocycles. The van der Waals surface area contributed by atoms with Gasteiger partial charge in [0.2, 0.25) is 0 Å². The summed E-state index contributed by atoms with van der Waals surface area (Å²) in [5.74, 6) is 0. The molecule has 0 aromatic rings. The van der Waals surface area contributed by atoms with Gasteiger partial charge in [-0.05, 0) is 13.3 Å². The fourth-order valence-corrected chi connectivity index (χ4v) is 0.535. The lowest BCUT2D eigenvalue weighted by atomic mass is 10.3. The van der Waals surface area contributed by atoms with Crippen molar-refractivity contribution in [1.82, 2.24) is 0 Å². The Balaban J connectivity index is 3.07. The summed E-state index contributed by atoms with van der Waals surface area (Å²) in [5.41, 5.74) is 0. The van der Waals surface area contributed by atoms with Gasteiger partial charge in [-0.25, -0.2) is 0 Å². The molecule has 0 rings (SSSR count). The van der Waals surface area contributed by atoms with E-state index in [-0.39, 0.29) is 12.7 Å². The van der Waals surface area contributed by atoms with E-state index in [2.05, 4.69) is 0 Å². The molecule has 0 aliphatic rings. The van der Waals surface area contributed by atoms with Gasteiger partial charge >= 0.3 is 0 Å². The second-order valence-corrected chi connectivity index (χ2v) is 1.67. The summed E-state index contributed by atoms with van der Waals surface area (Å²) in [7, 11) is 0. The maximum Gasteiger partial charge on any atom is 0.0803 e. The van der Waals surface area contributed by atoms with Crippen molar-refractivity contribution in [3.8, 4) is 0 Å². The van der Waals surface area contributed by atoms with Crippen LogP contribution in [0.1, 0.15) is 20.3 Å². The summed E-state index contributed by atoms with van der Waals surface area (Å²) < 4.78 is 5.09. The molecule has 0 radical (unpaired) electrons. The maximum atomic E-state index is 8.53. The van der Waals surface area contributed by atoms with E-state index in [9.17, 15) is 0 Å². The molecule has 0 saturated heterocycles. The number of rotatable bonds is 4. The molecule has 0 spiro atoms. The summed E-state index contributed by atoms with van der Waals surface area (Å²) in [6.07, 6.45) is 0.949. The van der Waals surface area contributed by atoms with E-state index in [0.29, 0.717) is 6.61 Å². The van der Waals surface area contributed by atoms with Gasteiger partial charge in [-0.1, -0.05) is 6.92 Å². The number of ether oxygens (including phenoxy) is 1. The quantitative estimate of drug-likeness (QED) is 0.591. The zero-order valence-corrected chi connectivity index (χ0v) is 5.55. The minimum atomic E-state index is 0.0556. The fraction of sp³-hybridized carbons (Fsp3) is 1.00. The van der Waals surface area contributed by atoms with Gasteiger partial charge in [0.05, 0.1) is 12.7 Å². The molecular weight excluding hydrogens is 104 g/mol. The normalized spacial score (nSPS) is 13.9. The summed E-state index contributed by atoms with van der Waals surface area (Å²) in [6, 6.07) is 0. The molecule has 0 fully saturated rings. The van der Waals surface area contributed by atoms with E-state index in [4.69, 9.17) is 9.84 Å². The Kier molecular flexibility index (Phi) is 5.01. The van der Waals surface area contributed by atoms with Crippen molar-refractivity contribution in [2.45, 2.75) is 26.4 Å². The molecule has 2 nitrogen and oxygen atoms in total. The van der Waals surface area contributed by atoms with Crippen molar-refractivity contribution in [1.29, 1.82) is 0 Å². The molecule has 0 aromatic heterocycles. The summed E-state index contributed by atoms with van der Waals surface area (Å²) in [4.78, 5) is 0. The molecule has 0 aromatic carbocycles. The highest BCUT2D eigenvalue weighted by Crippen LogP contribution is 1.94. The molecule has 2 heteroatoms. The SMILES string of the molecule is CCOC(CC)CO. The zero-order valence-electron chi connectivity index (χ0n) is 5.55. The lowest BCUT2D eigenvalue weighted by Crippen LogP contribution is -2.15. The van der Waals surface area contributed by atoms with Crippen LogP contribution in [0.5, 0.6) is 0 Å². The Bertz CT molecular complexity index is 41.8. The third-order valence-electron chi connectivity index (χ3n) is 1.06. The Morgan fingerprint density at radius 2 is 2.12 bits per heavy atom. The molecular formula is C6H14O2. The lowest BCUT2D eigenvalue weighted by Gasteiger charge is -2.09. The molecule has 1 N–H and O–H groups in total. The Morgan fingerprint density at radius 1 is 1.50 bits per heavy atom. The number of hydrogen-bond donors (Lipinski definition) is 1. The van der Waals surface area contributed by atoms with E-state index in [1.165, 1.54) is 0 Å². The van der Waals surface area contributed by atoms with Gasteiger partial charge in [-0.15, -0.1) is 0 Å². The van der Waals surface area contributed by atoms with Crippen LogP contribution in [-0.4, -0.2) is 24.4 Å². The first-order chi connectivity index (χ1) is 3.85. The fourth-order valence-electron chi connectivity index (χ4n) is 0.535. The van der Waals surface area contributed by atoms with Crippen LogP contribution >= 0.6 is 0 Å². The van der Waals surface area contributed by atoms with Crippen LogP contribution in [0.3, 0.4) is 0 Å². The Morgan fingerprint density at radius 3 is 2.25 bits per heavy atom. The highest BCUT2D eigenvalue weighted by molar-refractivity contribution is 4.49. The van der Waals surface area contributed by atoms with Gasteiger partial charge in [0.15, 0.2) is 0 Å². The van der Waals surface area contributed by atoms with Crippen LogP contribution in [0.2, 0.25) is 0 Å². The van der Waals surface area contributed by atoms with Gasteiger partial charge in [-0.3, -0.25) is 0 Å². The smallest absolute Gasteiger partial charge is 0.0803 e. The van der Waals surface area contributed by atoms with Gasteiger partial charge in [0, 0.05) is 6.61 Å². The van der Waals surface area contributed by atoms with Crippen LogP contribution in [0.25, 0.3) is 0 Å². The largest absolute Gasteiger partial charge is 0.394 e. The molecule has 0 amide bonds. The minimum absolute atomic E-state index is 0.0556. The second-order valence-electron chi connectivity index (χ2n) is 1.67. The molecule has 50 valence electrons. The van der Waals surface area contributed by atoms with Gasteiger partial charge in [0.1, 0.15) is 0 Å². The number of aliphatic hydroxyl groups excluding tert-OH is 1. The van der Waals surface area contributed by atoms with E-state index >= 15 is 0 Å². The summed E-state index contributed by atoms with van der Waals surface area (Å²) in [5, 5.41) is 8.53. The van der Waals surface area contributed by atoms with Crippen molar-refractivity contribution < 1.29 is 9.84 Å². The van der Waals surface area contributed by atoms with Crippen molar-refractivity contribution in [3.63, 3.8) is 0 Å². The second kappa shape index (κ2) is 5.06. The van der Waals surface area contributed by atoms with Gasteiger partial charge < -0.3 is 9.84 Å². The first-order valence-electron chi connectivity index (χ1n) is 3.07. The topological polar surface area (TPSA) is 29.5 Å². The predicted octanol–water partition coefficient (Wildman–Crippen LogP) is 0.794. The van der Waals surface area contributed by atoms with Crippen LogP contribution < -0.4 is 0 Å².